The summed E-state index contributed by atoms with van der Waals surface area (Å²) in [5, 5.41) is 4.12. The van der Waals surface area contributed by atoms with E-state index in [2.05, 4.69) is 21.0 Å². The van der Waals surface area contributed by atoms with E-state index in [-0.39, 0.29) is 0 Å². The first-order chi connectivity index (χ1) is 5.81. The Morgan fingerprint density at radius 1 is 1.50 bits per heavy atom. The maximum Gasteiger partial charge on any atom is 0.137 e. The minimum absolute atomic E-state index is 0.804. The van der Waals surface area contributed by atoms with E-state index in [1.165, 1.54) is 0 Å². The molecule has 3 nitrogen and oxygen atoms in total. The molecule has 0 N–H and O–H groups in total. The maximum absolute atomic E-state index is 5.06. The Kier molecular flexibility index (Phi) is 1.77. The number of nitrogens with zero attached hydrogens (tertiary/aromatic N) is 2. The minimum atomic E-state index is 0.804. The van der Waals surface area contributed by atoms with Gasteiger partial charge in [0.25, 0.3) is 0 Å². The lowest BCUT2D eigenvalue weighted by atomic mass is 10.4. The fourth-order valence-electron chi connectivity index (χ4n) is 1.05. The third kappa shape index (κ3) is 1.08. The van der Waals surface area contributed by atoms with Crippen LogP contribution in [0.4, 0.5) is 0 Å². The highest BCUT2D eigenvalue weighted by atomic mass is 79.9. The molecule has 0 aliphatic carbocycles. The molecule has 0 amide bonds. The Balaban J connectivity index is 2.69. The van der Waals surface area contributed by atoms with Crippen molar-refractivity contribution in [3.63, 3.8) is 0 Å². The summed E-state index contributed by atoms with van der Waals surface area (Å²) in [5.74, 6) is 0.804. The first-order valence-corrected chi connectivity index (χ1v) is 4.27. The third-order valence-corrected chi connectivity index (χ3v) is 2.29. The van der Waals surface area contributed by atoms with Gasteiger partial charge in [-0.05, 0) is 28.1 Å². The summed E-state index contributed by atoms with van der Waals surface area (Å²) in [7, 11) is 1.64. The Bertz CT molecular complexity index is 410. The largest absolute Gasteiger partial charge is 0.495 e. The van der Waals surface area contributed by atoms with Gasteiger partial charge in [-0.25, -0.2) is 4.52 Å². The molecule has 2 aromatic heterocycles. The minimum Gasteiger partial charge on any atom is -0.495 e. The molecule has 0 spiro atoms. The zero-order valence-electron chi connectivity index (χ0n) is 6.49. The van der Waals surface area contributed by atoms with Crippen LogP contribution in [-0.4, -0.2) is 16.7 Å². The van der Waals surface area contributed by atoms with Crippen LogP contribution >= 0.6 is 15.9 Å². The van der Waals surface area contributed by atoms with Crippen LogP contribution < -0.4 is 4.74 Å². The smallest absolute Gasteiger partial charge is 0.137 e. The molecule has 0 aliphatic heterocycles. The zero-order valence-corrected chi connectivity index (χ0v) is 8.08. The highest BCUT2D eigenvalue weighted by Gasteiger charge is 2.00. The van der Waals surface area contributed by atoms with E-state index in [0.717, 1.165) is 15.7 Å². The lowest BCUT2D eigenvalue weighted by Crippen LogP contribution is -1.89. The predicted molar refractivity (Wildman–Crippen MR) is 49.4 cm³/mol. The number of pyridine rings is 1. The number of fused-ring (bicyclic) bond motifs is 1. The molecule has 0 saturated heterocycles. The van der Waals surface area contributed by atoms with Crippen molar-refractivity contribution < 1.29 is 4.74 Å². The standard InChI is InChI=1S/C8H7BrN2O/c1-12-6-2-3-8-7(9)4-10-11(8)5-6/h2-5H,1H3. The molecule has 2 rings (SSSR count). The molecule has 2 heterocycles. The average molecular weight is 227 g/mol. The number of rotatable bonds is 1. The van der Waals surface area contributed by atoms with Gasteiger partial charge in [0.05, 0.1) is 29.5 Å². The number of methoxy groups -OCH3 is 1. The van der Waals surface area contributed by atoms with Crippen LogP contribution in [-0.2, 0) is 0 Å². The second kappa shape index (κ2) is 2.79. The van der Waals surface area contributed by atoms with Gasteiger partial charge in [0.1, 0.15) is 5.75 Å². The van der Waals surface area contributed by atoms with Gasteiger partial charge in [0.15, 0.2) is 0 Å². The van der Waals surface area contributed by atoms with Crippen LogP contribution in [0, 0.1) is 0 Å². The van der Waals surface area contributed by atoms with Crippen molar-refractivity contribution in [2.45, 2.75) is 0 Å². The Morgan fingerprint density at radius 3 is 3.08 bits per heavy atom. The third-order valence-electron chi connectivity index (χ3n) is 1.68. The van der Waals surface area contributed by atoms with Gasteiger partial charge in [-0.15, -0.1) is 0 Å². The van der Waals surface area contributed by atoms with Gasteiger partial charge < -0.3 is 4.74 Å². The van der Waals surface area contributed by atoms with Crippen LogP contribution in [0.5, 0.6) is 5.75 Å². The van der Waals surface area contributed by atoms with Crippen molar-refractivity contribution in [2.75, 3.05) is 7.11 Å². The lowest BCUT2D eigenvalue weighted by molar-refractivity contribution is 0.411. The maximum atomic E-state index is 5.06. The second-order valence-corrected chi connectivity index (χ2v) is 3.25. The van der Waals surface area contributed by atoms with Crippen molar-refractivity contribution in [1.82, 2.24) is 9.61 Å². The number of halogens is 1. The number of hydrogen-bond acceptors (Lipinski definition) is 2. The fourth-order valence-corrected chi connectivity index (χ4v) is 1.46. The van der Waals surface area contributed by atoms with E-state index in [9.17, 15) is 0 Å². The van der Waals surface area contributed by atoms with Crippen molar-refractivity contribution >= 4 is 21.4 Å². The molecule has 0 atom stereocenters. The number of ether oxygens (including phenoxy) is 1. The van der Waals surface area contributed by atoms with E-state index in [0.29, 0.717) is 0 Å². The van der Waals surface area contributed by atoms with Crippen LogP contribution in [0.1, 0.15) is 0 Å². The normalized spacial score (nSPS) is 10.5. The molecule has 0 aliphatic rings. The molecule has 12 heavy (non-hydrogen) atoms. The molecule has 0 fully saturated rings. The topological polar surface area (TPSA) is 26.5 Å². The summed E-state index contributed by atoms with van der Waals surface area (Å²) < 4.78 is 7.81. The summed E-state index contributed by atoms with van der Waals surface area (Å²) in [6.07, 6.45) is 3.59. The molecule has 0 unspecified atom stereocenters. The van der Waals surface area contributed by atoms with Crippen LogP contribution in [0.25, 0.3) is 5.52 Å². The van der Waals surface area contributed by atoms with Crippen molar-refractivity contribution in [1.29, 1.82) is 0 Å². The Labute approximate surface area is 78.1 Å². The Hall–Kier alpha value is -1.03. The first kappa shape index (κ1) is 7.61. The number of hydrogen-bond donors (Lipinski definition) is 0. The van der Waals surface area contributed by atoms with Gasteiger partial charge in [-0.2, -0.15) is 5.10 Å². The van der Waals surface area contributed by atoms with Crippen molar-refractivity contribution in [3.05, 3.63) is 29.0 Å². The van der Waals surface area contributed by atoms with Gasteiger partial charge in [-0.1, -0.05) is 0 Å². The predicted octanol–water partition coefficient (Wildman–Crippen LogP) is 2.11. The summed E-state index contributed by atoms with van der Waals surface area (Å²) in [4.78, 5) is 0. The molecule has 0 saturated carbocycles. The summed E-state index contributed by atoms with van der Waals surface area (Å²) >= 11 is 3.39. The van der Waals surface area contributed by atoms with E-state index >= 15 is 0 Å². The van der Waals surface area contributed by atoms with Gasteiger partial charge in [-0.3, -0.25) is 0 Å². The van der Waals surface area contributed by atoms with Crippen LogP contribution in [0.3, 0.4) is 0 Å². The van der Waals surface area contributed by atoms with Gasteiger partial charge in [0.2, 0.25) is 0 Å². The molecule has 4 heteroatoms. The van der Waals surface area contributed by atoms with Crippen LogP contribution in [0.2, 0.25) is 0 Å². The van der Waals surface area contributed by atoms with E-state index < -0.39 is 0 Å². The van der Waals surface area contributed by atoms with E-state index in [4.69, 9.17) is 4.74 Å². The molecule has 0 aromatic carbocycles. The van der Waals surface area contributed by atoms with Gasteiger partial charge in [0, 0.05) is 0 Å². The quantitative estimate of drug-likeness (QED) is 0.745. The number of aromatic nitrogens is 2. The fraction of sp³-hybridized carbons (Fsp3) is 0.125. The molecule has 0 radical (unpaired) electrons. The lowest BCUT2D eigenvalue weighted by Gasteiger charge is -1.99. The molecule has 0 bridgehead atoms. The molecule has 62 valence electrons. The molecule has 2 aromatic rings. The Morgan fingerprint density at radius 2 is 2.33 bits per heavy atom. The van der Waals surface area contributed by atoms with Crippen molar-refractivity contribution in [2.24, 2.45) is 0 Å². The average Bonchev–Trinajstić information content (AvgIpc) is 2.47. The van der Waals surface area contributed by atoms with E-state index in [1.54, 1.807) is 17.8 Å². The SMILES string of the molecule is COc1ccc2c(Br)cnn2c1. The summed E-state index contributed by atoms with van der Waals surface area (Å²) in [6.45, 7) is 0. The highest BCUT2D eigenvalue weighted by Crippen LogP contribution is 2.19. The second-order valence-electron chi connectivity index (χ2n) is 2.39. The molecular formula is C8H7BrN2O. The monoisotopic (exact) mass is 226 g/mol. The van der Waals surface area contributed by atoms with Crippen LogP contribution in [0.15, 0.2) is 29.0 Å². The van der Waals surface area contributed by atoms with Crippen molar-refractivity contribution in [3.8, 4) is 5.75 Å². The van der Waals surface area contributed by atoms with Gasteiger partial charge >= 0.3 is 0 Å². The zero-order chi connectivity index (χ0) is 8.55. The first-order valence-electron chi connectivity index (χ1n) is 3.48. The highest BCUT2D eigenvalue weighted by molar-refractivity contribution is 9.10. The molecular weight excluding hydrogens is 220 g/mol. The summed E-state index contributed by atoms with van der Waals surface area (Å²) in [5.41, 5.74) is 1.04. The van der Waals surface area contributed by atoms with E-state index in [1.807, 2.05) is 18.3 Å². The summed E-state index contributed by atoms with van der Waals surface area (Å²) in [6, 6.07) is 3.86.